The minimum atomic E-state index is -1.10. The molecule has 0 radical (unpaired) electrons. The van der Waals surface area contributed by atoms with Crippen LogP contribution in [0.5, 0.6) is 11.5 Å². The molecule has 30 heavy (non-hydrogen) atoms. The Bertz CT molecular complexity index is 822. The second-order valence-corrected chi connectivity index (χ2v) is 10.3. The smallest absolute Gasteiger partial charge is 0.164 e. The van der Waals surface area contributed by atoms with E-state index in [9.17, 15) is 24.3 Å². The minimum Gasteiger partial charge on any atom is -0.504 e. The SMILES string of the molecule is COc1c(O)cccc1C(C1C(=O)CC(C)(C)CC1=O)C1C(=O)CC(C)(C)CC1=O. The third-order valence-electron chi connectivity index (χ3n) is 6.30. The molecule has 162 valence electrons. The molecule has 0 aliphatic heterocycles. The van der Waals surface area contributed by atoms with Crippen LogP contribution in [0.4, 0.5) is 0 Å². The van der Waals surface area contributed by atoms with Crippen molar-refractivity contribution in [2.45, 2.75) is 59.3 Å². The standard InChI is InChI=1S/C24H30O6/c1-23(2)9-15(26)20(16(27)10-23)19(13-7-6-8-14(25)22(13)30-5)21-17(28)11-24(3,4)12-18(21)29/h6-8,19-21,25H,9-12H2,1-5H3. The molecule has 0 atom stereocenters. The summed E-state index contributed by atoms with van der Waals surface area (Å²) in [6.07, 6.45) is 0.784. The van der Waals surface area contributed by atoms with Crippen LogP contribution >= 0.6 is 0 Å². The van der Waals surface area contributed by atoms with Crippen molar-refractivity contribution in [3.05, 3.63) is 23.8 Å². The lowest BCUT2D eigenvalue weighted by molar-refractivity contribution is -0.145. The first-order valence-electron chi connectivity index (χ1n) is 10.3. The Morgan fingerprint density at radius 2 is 1.23 bits per heavy atom. The van der Waals surface area contributed by atoms with E-state index in [0.717, 1.165) is 0 Å². The van der Waals surface area contributed by atoms with Crippen LogP contribution in [0.1, 0.15) is 64.9 Å². The zero-order valence-corrected chi connectivity index (χ0v) is 18.3. The van der Waals surface area contributed by atoms with Gasteiger partial charge in [-0.3, -0.25) is 19.2 Å². The van der Waals surface area contributed by atoms with Crippen LogP contribution in [-0.2, 0) is 19.2 Å². The molecule has 0 spiro atoms. The quantitative estimate of drug-likeness (QED) is 0.756. The molecule has 0 heterocycles. The molecule has 1 aromatic carbocycles. The second-order valence-electron chi connectivity index (χ2n) is 10.3. The maximum Gasteiger partial charge on any atom is 0.164 e. The van der Waals surface area contributed by atoms with E-state index in [-0.39, 0.29) is 60.3 Å². The van der Waals surface area contributed by atoms with Gasteiger partial charge in [-0.25, -0.2) is 0 Å². The van der Waals surface area contributed by atoms with Crippen molar-refractivity contribution in [1.82, 2.24) is 0 Å². The third kappa shape index (κ3) is 4.05. The van der Waals surface area contributed by atoms with Crippen molar-refractivity contribution >= 4 is 23.1 Å². The number of aromatic hydroxyl groups is 1. The maximum absolute atomic E-state index is 13.2. The predicted octanol–water partition coefficient (Wildman–Crippen LogP) is 3.63. The van der Waals surface area contributed by atoms with E-state index in [4.69, 9.17) is 4.74 Å². The summed E-state index contributed by atoms with van der Waals surface area (Å²) in [5.41, 5.74) is -0.559. The molecule has 3 rings (SSSR count). The molecule has 2 aliphatic rings. The van der Waals surface area contributed by atoms with Crippen molar-refractivity contribution in [2.75, 3.05) is 7.11 Å². The average molecular weight is 414 g/mol. The van der Waals surface area contributed by atoms with Crippen LogP contribution < -0.4 is 4.74 Å². The Kier molecular flexibility index (Phi) is 5.65. The van der Waals surface area contributed by atoms with E-state index >= 15 is 0 Å². The summed E-state index contributed by atoms with van der Waals surface area (Å²) in [5.74, 6) is -4.31. The highest BCUT2D eigenvalue weighted by atomic mass is 16.5. The van der Waals surface area contributed by atoms with Gasteiger partial charge in [0.2, 0.25) is 0 Å². The van der Waals surface area contributed by atoms with Gasteiger partial charge in [0, 0.05) is 37.2 Å². The number of ketones is 4. The van der Waals surface area contributed by atoms with Crippen LogP contribution in [0, 0.1) is 22.7 Å². The third-order valence-corrected chi connectivity index (χ3v) is 6.30. The topological polar surface area (TPSA) is 97.7 Å². The zero-order chi connectivity index (χ0) is 22.4. The number of benzene rings is 1. The summed E-state index contributed by atoms with van der Waals surface area (Å²) < 4.78 is 5.37. The predicted molar refractivity (Wildman–Crippen MR) is 110 cm³/mol. The maximum atomic E-state index is 13.2. The Balaban J connectivity index is 2.17. The van der Waals surface area contributed by atoms with Gasteiger partial charge in [-0.05, 0) is 16.9 Å². The lowest BCUT2D eigenvalue weighted by Crippen LogP contribution is -2.48. The van der Waals surface area contributed by atoms with Crippen LogP contribution in [-0.4, -0.2) is 35.3 Å². The number of phenolic OH excluding ortho intramolecular Hbond substituents is 1. The van der Waals surface area contributed by atoms with E-state index in [1.807, 2.05) is 27.7 Å². The van der Waals surface area contributed by atoms with Crippen molar-refractivity contribution in [1.29, 1.82) is 0 Å². The summed E-state index contributed by atoms with van der Waals surface area (Å²) in [6, 6.07) is 4.63. The number of carbonyl (C=O) groups excluding carboxylic acids is 4. The number of hydrogen-bond donors (Lipinski definition) is 1. The number of para-hydroxylation sites is 1. The number of Topliss-reactive ketones (excluding diaryl/α,β-unsaturated/α-hetero) is 4. The first kappa shape index (κ1) is 22.2. The number of hydrogen-bond acceptors (Lipinski definition) is 6. The van der Waals surface area contributed by atoms with Crippen molar-refractivity contribution in [3.63, 3.8) is 0 Å². The fraction of sp³-hybridized carbons (Fsp3) is 0.583. The van der Waals surface area contributed by atoms with E-state index in [1.165, 1.54) is 13.2 Å². The van der Waals surface area contributed by atoms with E-state index in [0.29, 0.717) is 5.56 Å². The molecule has 0 unspecified atom stereocenters. The molecule has 1 N–H and O–H groups in total. The molecular weight excluding hydrogens is 384 g/mol. The van der Waals surface area contributed by atoms with Gasteiger partial charge in [-0.1, -0.05) is 39.8 Å². The summed E-state index contributed by atoms with van der Waals surface area (Å²) in [7, 11) is 1.37. The molecular formula is C24H30O6. The number of rotatable bonds is 4. The zero-order valence-electron chi connectivity index (χ0n) is 18.3. The number of phenols is 1. The summed E-state index contributed by atoms with van der Waals surface area (Å²) in [5, 5.41) is 10.3. The molecule has 6 nitrogen and oxygen atoms in total. The first-order valence-corrected chi connectivity index (χ1v) is 10.3. The normalized spacial score (nSPS) is 22.6. The minimum absolute atomic E-state index is 0.0957. The monoisotopic (exact) mass is 414 g/mol. The fourth-order valence-electron chi connectivity index (χ4n) is 5.19. The Morgan fingerprint density at radius 3 is 1.60 bits per heavy atom. The Labute approximate surface area is 177 Å². The number of carbonyl (C=O) groups is 4. The first-order chi connectivity index (χ1) is 13.9. The van der Waals surface area contributed by atoms with Crippen molar-refractivity contribution in [3.8, 4) is 11.5 Å². The van der Waals surface area contributed by atoms with Gasteiger partial charge in [0.25, 0.3) is 0 Å². The highest BCUT2D eigenvalue weighted by molar-refractivity contribution is 6.11. The molecule has 0 saturated heterocycles. The lowest BCUT2D eigenvalue weighted by atomic mass is 9.59. The van der Waals surface area contributed by atoms with Crippen LogP contribution in [0.15, 0.2) is 18.2 Å². The van der Waals surface area contributed by atoms with Gasteiger partial charge in [0.15, 0.2) is 11.5 Å². The van der Waals surface area contributed by atoms with Gasteiger partial charge < -0.3 is 9.84 Å². The second kappa shape index (κ2) is 7.64. The summed E-state index contributed by atoms with van der Waals surface area (Å²) in [6.45, 7) is 7.45. The molecule has 2 saturated carbocycles. The van der Waals surface area contributed by atoms with Crippen LogP contribution in [0.3, 0.4) is 0 Å². The molecule has 2 aliphatic carbocycles. The number of ether oxygens (including phenoxy) is 1. The van der Waals surface area contributed by atoms with Crippen LogP contribution in [0.25, 0.3) is 0 Å². The van der Waals surface area contributed by atoms with Gasteiger partial charge >= 0.3 is 0 Å². The summed E-state index contributed by atoms with van der Waals surface area (Å²) >= 11 is 0. The fourth-order valence-corrected chi connectivity index (χ4v) is 5.19. The average Bonchev–Trinajstić information content (AvgIpc) is 2.56. The van der Waals surface area contributed by atoms with Crippen molar-refractivity contribution in [2.24, 2.45) is 22.7 Å². The molecule has 0 aromatic heterocycles. The van der Waals surface area contributed by atoms with E-state index < -0.39 is 28.6 Å². The molecule has 6 heteroatoms. The Morgan fingerprint density at radius 1 is 0.833 bits per heavy atom. The number of methoxy groups -OCH3 is 1. The largest absolute Gasteiger partial charge is 0.504 e. The van der Waals surface area contributed by atoms with Gasteiger partial charge in [0.1, 0.15) is 23.1 Å². The highest BCUT2D eigenvalue weighted by Crippen LogP contribution is 2.50. The van der Waals surface area contributed by atoms with Gasteiger partial charge in [-0.2, -0.15) is 0 Å². The van der Waals surface area contributed by atoms with Crippen molar-refractivity contribution < 1.29 is 29.0 Å². The van der Waals surface area contributed by atoms with Crippen LogP contribution in [0.2, 0.25) is 0 Å². The molecule has 2 fully saturated rings. The lowest BCUT2D eigenvalue weighted by Gasteiger charge is -2.41. The van der Waals surface area contributed by atoms with Gasteiger partial charge in [0.05, 0.1) is 18.9 Å². The molecule has 1 aromatic rings. The van der Waals surface area contributed by atoms with E-state index in [1.54, 1.807) is 12.1 Å². The molecule has 0 amide bonds. The molecule has 0 bridgehead atoms. The van der Waals surface area contributed by atoms with Gasteiger partial charge in [-0.15, -0.1) is 0 Å². The Hall–Kier alpha value is -2.50. The summed E-state index contributed by atoms with van der Waals surface area (Å²) in [4.78, 5) is 52.6. The van der Waals surface area contributed by atoms with E-state index in [2.05, 4.69) is 0 Å². The highest BCUT2D eigenvalue weighted by Gasteiger charge is 2.52.